The fourth-order valence-electron chi connectivity index (χ4n) is 2.92. The number of nitriles is 1. The van der Waals surface area contributed by atoms with E-state index in [1.165, 1.54) is 18.5 Å². The quantitative estimate of drug-likeness (QED) is 0.884. The summed E-state index contributed by atoms with van der Waals surface area (Å²) in [6, 6.07) is 5.39. The summed E-state index contributed by atoms with van der Waals surface area (Å²) >= 11 is 0. The van der Waals surface area contributed by atoms with Crippen molar-refractivity contribution in [2.45, 2.75) is 25.3 Å². The van der Waals surface area contributed by atoms with E-state index in [2.05, 4.69) is 10.3 Å². The van der Waals surface area contributed by atoms with Crippen LogP contribution < -0.4 is 5.32 Å². The Hall–Kier alpha value is -3.28. The highest BCUT2D eigenvalue weighted by atomic mass is 19.3. The van der Waals surface area contributed by atoms with Crippen molar-refractivity contribution < 1.29 is 22.8 Å². The number of likely N-dealkylation sites (tertiary alicyclic amines) is 1. The van der Waals surface area contributed by atoms with Crippen LogP contribution in [-0.4, -0.2) is 46.8 Å². The summed E-state index contributed by atoms with van der Waals surface area (Å²) in [5.41, 5.74) is 0.675. The Bertz CT molecular complexity index is 919. The number of halogens is 2. The zero-order chi connectivity index (χ0) is 19.6. The fraction of sp³-hybridized carbons (Fsp3) is 0.333. The molecule has 9 heteroatoms. The SMILES string of the molecule is Cc1ccc(-c2cnccc2C(=O)NCC(=O)N2CC(F)(F)CC2C#N)o1. The van der Waals surface area contributed by atoms with Crippen molar-refractivity contribution in [2.75, 3.05) is 13.1 Å². The van der Waals surface area contributed by atoms with Gasteiger partial charge in [0.15, 0.2) is 0 Å². The number of pyridine rings is 1. The van der Waals surface area contributed by atoms with Crippen molar-refractivity contribution in [2.24, 2.45) is 0 Å². The van der Waals surface area contributed by atoms with Crippen molar-refractivity contribution in [3.63, 3.8) is 0 Å². The highest BCUT2D eigenvalue weighted by Gasteiger charge is 2.47. The van der Waals surface area contributed by atoms with E-state index < -0.39 is 43.3 Å². The Morgan fingerprint density at radius 1 is 1.44 bits per heavy atom. The van der Waals surface area contributed by atoms with Crippen LogP contribution in [0.15, 0.2) is 35.0 Å². The monoisotopic (exact) mass is 374 g/mol. The third kappa shape index (κ3) is 3.95. The number of carbonyl (C=O) groups excluding carboxylic acids is 2. The lowest BCUT2D eigenvalue weighted by atomic mass is 10.1. The number of hydrogen-bond donors (Lipinski definition) is 1. The molecule has 1 aliphatic heterocycles. The van der Waals surface area contributed by atoms with Crippen LogP contribution in [-0.2, 0) is 4.79 Å². The molecule has 2 aromatic rings. The van der Waals surface area contributed by atoms with E-state index in [1.54, 1.807) is 25.1 Å². The summed E-state index contributed by atoms with van der Waals surface area (Å²) < 4.78 is 32.4. The minimum atomic E-state index is -3.10. The molecule has 3 rings (SSSR count). The number of nitrogens with one attached hydrogen (secondary N) is 1. The lowest BCUT2D eigenvalue weighted by molar-refractivity contribution is -0.131. The fourth-order valence-corrected chi connectivity index (χ4v) is 2.92. The molecular formula is C18H16F2N4O3. The van der Waals surface area contributed by atoms with Crippen LogP contribution >= 0.6 is 0 Å². The van der Waals surface area contributed by atoms with Crippen molar-refractivity contribution in [3.8, 4) is 17.4 Å². The first-order valence-corrected chi connectivity index (χ1v) is 8.17. The number of alkyl halides is 2. The van der Waals surface area contributed by atoms with Gasteiger partial charge in [-0.1, -0.05) is 0 Å². The van der Waals surface area contributed by atoms with Crippen LogP contribution in [0.5, 0.6) is 0 Å². The Morgan fingerprint density at radius 2 is 2.22 bits per heavy atom. The highest BCUT2D eigenvalue weighted by molar-refractivity contribution is 6.01. The first-order chi connectivity index (χ1) is 12.8. The van der Waals surface area contributed by atoms with E-state index in [0.717, 1.165) is 4.90 Å². The standard InChI is InChI=1S/C18H16F2N4O3/c1-11-2-3-15(27-11)14-8-22-5-4-13(14)17(26)23-9-16(25)24-10-18(19,20)6-12(24)7-21/h2-5,8,12H,6,9-10H2,1H3,(H,23,26). The maximum atomic E-state index is 13.4. The molecule has 27 heavy (non-hydrogen) atoms. The number of nitrogens with zero attached hydrogens (tertiary/aromatic N) is 3. The highest BCUT2D eigenvalue weighted by Crippen LogP contribution is 2.31. The Morgan fingerprint density at radius 3 is 2.89 bits per heavy atom. The number of rotatable bonds is 4. The van der Waals surface area contributed by atoms with Crippen LogP contribution in [0.1, 0.15) is 22.5 Å². The summed E-state index contributed by atoms with van der Waals surface area (Å²) in [6.45, 7) is 0.438. The van der Waals surface area contributed by atoms with Gasteiger partial charge in [0.05, 0.1) is 24.7 Å². The molecule has 2 amide bonds. The van der Waals surface area contributed by atoms with Crippen molar-refractivity contribution in [3.05, 3.63) is 41.9 Å². The van der Waals surface area contributed by atoms with E-state index in [1.807, 2.05) is 0 Å². The maximum absolute atomic E-state index is 13.4. The van der Waals surface area contributed by atoms with Gasteiger partial charge in [-0.3, -0.25) is 14.6 Å². The molecule has 0 bridgehead atoms. The van der Waals surface area contributed by atoms with Gasteiger partial charge in [0.25, 0.3) is 11.8 Å². The van der Waals surface area contributed by atoms with E-state index in [0.29, 0.717) is 17.1 Å². The van der Waals surface area contributed by atoms with Gasteiger partial charge >= 0.3 is 0 Å². The molecule has 0 aromatic carbocycles. The molecule has 1 aliphatic rings. The summed E-state index contributed by atoms with van der Waals surface area (Å²) in [7, 11) is 0. The molecule has 7 nitrogen and oxygen atoms in total. The number of aromatic nitrogens is 1. The van der Waals surface area contributed by atoms with Gasteiger partial charge < -0.3 is 14.6 Å². The topological polar surface area (TPSA) is 99.2 Å². The third-order valence-corrected chi connectivity index (χ3v) is 4.21. The first kappa shape index (κ1) is 18.5. The molecular weight excluding hydrogens is 358 g/mol. The number of aryl methyl sites for hydroxylation is 1. The predicted molar refractivity (Wildman–Crippen MR) is 89.7 cm³/mol. The van der Waals surface area contributed by atoms with Gasteiger partial charge in [-0.2, -0.15) is 5.26 Å². The van der Waals surface area contributed by atoms with E-state index >= 15 is 0 Å². The van der Waals surface area contributed by atoms with Gasteiger partial charge in [-0.25, -0.2) is 8.78 Å². The van der Waals surface area contributed by atoms with Crippen LogP contribution in [0, 0.1) is 18.3 Å². The zero-order valence-corrected chi connectivity index (χ0v) is 14.4. The number of amides is 2. The molecule has 1 N–H and O–H groups in total. The van der Waals surface area contributed by atoms with Gasteiger partial charge in [-0.05, 0) is 25.1 Å². The lowest BCUT2D eigenvalue weighted by Gasteiger charge is -2.19. The van der Waals surface area contributed by atoms with E-state index in [9.17, 15) is 18.4 Å². The second kappa shape index (κ2) is 7.15. The molecule has 0 saturated carbocycles. The van der Waals surface area contributed by atoms with Crippen LogP contribution in [0.4, 0.5) is 8.78 Å². The van der Waals surface area contributed by atoms with Crippen molar-refractivity contribution in [1.29, 1.82) is 5.26 Å². The molecule has 1 atom stereocenters. The molecule has 0 aliphatic carbocycles. The van der Waals surface area contributed by atoms with Gasteiger partial charge in [0, 0.05) is 24.4 Å². The molecule has 140 valence electrons. The molecule has 3 heterocycles. The molecule has 1 unspecified atom stereocenters. The van der Waals surface area contributed by atoms with Crippen molar-refractivity contribution >= 4 is 11.8 Å². The normalized spacial score (nSPS) is 18.1. The summed E-state index contributed by atoms with van der Waals surface area (Å²) in [4.78, 5) is 29.4. The molecule has 0 spiro atoms. The lowest BCUT2D eigenvalue weighted by Crippen LogP contribution is -2.43. The average molecular weight is 374 g/mol. The Labute approximate surface area is 153 Å². The maximum Gasteiger partial charge on any atom is 0.268 e. The summed E-state index contributed by atoms with van der Waals surface area (Å²) in [6.07, 6.45) is 2.18. The number of furan rings is 1. The molecule has 1 saturated heterocycles. The van der Waals surface area contributed by atoms with E-state index in [-0.39, 0.29) is 5.56 Å². The van der Waals surface area contributed by atoms with Gasteiger partial charge in [0.1, 0.15) is 17.6 Å². The summed E-state index contributed by atoms with van der Waals surface area (Å²) in [5.74, 6) is -3.31. The van der Waals surface area contributed by atoms with Crippen LogP contribution in [0.3, 0.4) is 0 Å². The molecule has 2 aromatic heterocycles. The summed E-state index contributed by atoms with van der Waals surface area (Å²) in [5, 5.41) is 11.4. The first-order valence-electron chi connectivity index (χ1n) is 8.17. The zero-order valence-electron chi connectivity index (χ0n) is 14.4. The second-order valence-electron chi connectivity index (χ2n) is 6.24. The Balaban J connectivity index is 1.70. The minimum Gasteiger partial charge on any atom is -0.461 e. The van der Waals surface area contributed by atoms with Crippen LogP contribution in [0.25, 0.3) is 11.3 Å². The largest absolute Gasteiger partial charge is 0.461 e. The predicted octanol–water partition coefficient (Wildman–Crippen LogP) is 2.14. The molecule has 0 radical (unpaired) electrons. The smallest absolute Gasteiger partial charge is 0.268 e. The average Bonchev–Trinajstić information content (AvgIpc) is 3.21. The van der Waals surface area contributed by atoms with E-state index in [4.69, 9.17) is 9.68 Å². The third-order valence-electron chi connectivity index (χ3n) is 4.21. The number of hydrogen-bond acceptors (Lipinski definition) is 5. The van der Waals surface area contributed by atoms with Gasteiger partial charge in [-0.15, -0.1) is 0 Å². The second-order valence-corrected chi connectivity index (χ2v) is 6.24. The van der Waals surface area contributed by atoms with Crippen molar-refractivity contribution in [1.82, 2.24) is 15.2 Å². The molecule has 1 fully saturated rings. The number of carbonyl (C=O) groups is 2. The van der Waals surface area contributed by atoms with Crippen LogP contribution in [0.2, 0.25) is 0 Å². The van der Waals surface area contributed by atoms with Gasteiger partial charge in [0.2, 0.25) is 5.91 Å². The minimum absolute atomic E-state index is 0.232. The Kier molecular flexibility index (Phi) is 4.90.